The lowest BCUT2D eigenvalue weighted by atomic mass is 9.77. The number of halogens is 3. The first-order chi connectivity index (χ1) is 9.45. The molecule has 0 aliphatic heterocycles. The molecule has 0 radical (unpaired) electrons. The third-order valence-corrected chi connectivity index (χ3v) is 2.73. The van der Waals surface area contributed by atoms with Crippen molar-refractivity contribution in [2.45, 2.75) is 13.3 Å². The molecule has 0 saturated carbocycles. The van der Waals surface area contributed by atoms with Crippen molar-refractivity contribution < 1.29 is 27.2 Å². The van der Waals surface area contributed by atoms with Gasteiger partial charge in [-0.05, 0) is 19.1 Å². The highest BCUT2D eigenvalue weighted by molar-refractivity contribution is 6.74. The smallest absolute Gasteiger partial charge is 0.494 e. The molecule has 0 aromatic heterocycles. The summed E-state index contributed by atoms with van der Waals surface area (Å²) in [6, 6.07) is 3.83. The largest absolute Gasteiger partial charge is 0.509 e. The van der Waals surface area contributed by atoms with Crippen molar-refractivity contribution in [2.75, 3.05) is 33.5 Å². The number of aryl methyl sites for hydroxylation is 1. The van der Waals surface area contributed by atoms with E-state index >= 15 is 0 Å². The van der Waals surface area contributed by atoms with E-state index in [1.807, 2.05) is 0 Å². The number of methoxy groups -OCH3 is 1. The maximum atomic E-state index is 12.6. The van der Waals surface area contributed by atoms with E-state index < -0.39 is 12.4 Å². The fraction of sp³-hybridized carbons (Fsp3) is 0.538. The van der Waals surface area contributed by atoms with Gasteiger partial charge in [-0.25, -0.2) is 0 Å². The van der Waals surface area contributed by atoms with E-state index in [0.29, 0.717) is 38.6 Å². The Labute approximate surface area is 117 Å². The zero-order valence-corrected chi connectivity index (χ0v) is 11.7. The molecule has 0 unspecified atom stereocenters. The predicted molar refractivity (Wildman–Crippen MR) is 72.7 cm³/mol. The molecular weight excluding hydrogens is 272 g/mol. The zero-order chi connectivity index (χ0) is 15.0. The standard InChI is InChI=1S/C13H19BF3O3/c1-11-10-12(4-5-13(11)14(15,16)17)20-7-3-6-19-9-8-18-2/h4-5,10H,3,6-9H2,1-2H3/q-1. The molecule has 1 aromatic rings. The van der Waals surface area contributed by atoms with Crippen molar-refractivity contribution in [3.05, 3.63) is 23.8 Å². The third-order valence-electron chi connectivity index (χ3n) is 2.73. The van der Waals surface area contributed by atoms with E-state index in [0.717, 1.165) is 6.07 Å². The Balaban J connectivity index is 2.33. The Hall–Kier alpha value is -1.21. The van der Waals surface area contributed by atoms with Gasteiger partial charge in [0, 0.05) is 20.1 Å². The first-order valence-electron chi connectivity index (χ1n) is 6.45. The van der Waals surface area contributed by atoms with Crippen molar-refractivity contribution in [1.29, 1.82) is 0 Å². The van der Waals surface area contributed by atoms with Crippen molar-refractivity contribution in [2.24, 2.45) is 0 Å². The number of ether oxygens (including phenoxy) is 3. The number of hydrogen-bond donors (Lipinski definition) is 0. The SMILES string of the molecule is COCCOCCCOc1ccc([B-](F)(F)F)c(C)c1. The van der Waals surface area contributed by atoms with Gasteiger partial charge >= 0.3 is 6.98 Å². The van der Waals surface area contributed by atoms with Crippen LogP contribution in [0.5, 0.6) is 5.75 Å². The summed E-state index contributed by atoms with van der Waals surface area (Å²) in [6.45, 7) is -1.52. The molecule has 0 fully saturated rings. The average Bonchev–Trinajstić information content (AvgIpc) is 2.36. The minimum Gasteiger partial charge on any atom is -0.494 e. The lowest BCUT2D eigenvalue weighted by Crippen LogP contribution is -2.35. The molecule has 1 rings (SSSR count). The number of hydrogen-bond acceptors (Lipinski definition) is 3. The Morgan fingerprint density at radius 2 is 1.80 bits per heavy atom. The molecule has 114 valence electrons. The second kappa shape index (κ2) is 8.16. The van der Waals surface area contributed by atoms with E-state index in [2.05, 4.69) is 0 Å². The highest BCUT2D eigenvalue weighted by Gasteiger charge is 2.27. The molecule has 20 heavy (non-hydrogen) atoms. The second-order valence-corrected chi connectivity index (χ2v) is 4.40. The van der Waals surface area contributed by atoms with Gasteiger partial charge in [0.1, 0.15) is 5.75 Å². The van der Waals surface area contributed by atoms with Gasteiger partial charge < -0.3 is 27.2 Å². The van der Waals surface area contributed by atoms with Gasteiger partial charge in [-0.2, -0.15) is 0 Å². The van der Waals surface area contributed by atoms with E-state index in [9.17, 15) is 12.9 Å². The monoisotopic (exact) mass is 291 g/mol. The van der Waals surface area contributed by atoms with E-state index in [4.69, 9.17) is 14.2 Å². The Morgan fingerprint density at radius 3 is 2.40 bits per heavy atom. The van der Waals surface area contributed by atoms with Crippen molar-refractivity contribution in [3.63, 3.8) is 0 Å². The van der Waals surface area contributed by atoms with Crippen molar-refractivity contribution in [3.8, 4) is 5.75 Å². The summed E-state index contributed by atoms with van der Waals surface area (Å²) in [5, 5.41) is 0. The minimum absolute atomic E-state index is 0.186. The van der Waals surface area contributed by atoms with Crippen LogP contribution in [0, 0.1) is 6.92 Å². The van der Waals surface area contributed by atoms with E-state index in [1.165, 1.54) is 19.1 Å². The molecule has 0 aliphatic carbocycles. The Morgan fingerprint density at radius 1 is 1.05 bits per heavy atom. The minimum atomic E-state index is -4.96. The van der Waals surface area contributed by atoms with Crippen molar-refractivity contribution >= 4 is 12.4 Å². The summed E-state index contributed by atoms with van der Waals surface area (Å²) in [5.41, 5.74) is -0.383. The highest BCUT2D eigenvalue weighted by atomic mass is 19.4. The molecule has 7 heteroatoms. The van der Waals surface area contributed by atoms with Gasteiger partial charge in [0.2, 0.25) is 0 Å². The molecule has 0 atom stereocenters. The Kier molecular flexibility index (Phi) is 6.88. The van der Waals surface area contributed by atoms with Gasteiger partial charge in [0.05, 0.1) is 19.8 Å². The first-order valence-corrected chi connectivity index (χ1v) is 6.45. The second-order valence-electron chi connectivity index (χ2n) is 4.40. The normalized spacial score (nSPS) is 11.7. The topological polar surface area (TPSA) is 27.7 Å². The summed E-state index contributed by atoms with van der Waals surface area (Å²) in [5.74, 6) is 0.447. The van der Waals surface area contributed by atoms with Gasteiger partial charge in [-0.3, -0.25) is 0 Å². The summed E-state index contributed by atoms with van der Waals surface area (Å²) in [4.78, 5) is 0. The molecular formula is C13H19BF3O3-. The van der Waals surface area contributed by atoms with Crippen LogP contribution in [0.25, 0.3) is 0 Å². The summed E-state index contributed by atoms with van der Waals surface area (Å²) >= 11 is 0. The molecule has 3 nitrogen and oxygen atoms in total. The quantitative estimate of drug-likeness (QED) is 0.517. The summed E-state index contributed by atoms with van der Waals surface area (Å²) < 4.78 is 53.3. The fourth-order valence-electron chi connectivity index (χ4n) is 1.70. The summed E-state index contributed by atoms with van der Waals surface area (Å²) in [7, 11) is 1.60. The van der Waals surface area contributed by atoms with Crippen LogP contribution in [0.3, 0.4) is 0 Å². The lowest BCUT2D eigenvalue weighted by molar-refractivity contribution is 0.0644. The predicted octanol–water partition coefficient (Wildman–Crippen LogP) is 2.48. The van der Waals surface area contributed by atoms with E-state index in [-0.39, 0.29) is 5.56 Å². The van der Waals surface area contributed by atoms with Crippen LogP contribution >= 0.6 is 0 Å². The molecule has 0 heterocycles. The average molecular weight is 291 g/mol. The van der Waals surface area contributed by atoms with Gasteiger partial charge in [-0.1, -0.05) is 11.6 Å². The van der Waals surface area contributed by atoms with Gasteiger partial charge in [0.25, 0.3) is 0 Å². The van der Waals surface area contributed by atoms with Gasteiger partial charge in [-0.15, -0.1) is 5.46 Å². The van der Waals surface area contributed by atoms with Crippen LogP contribution < -0.4 is 10.2 Å². The number of benzene rings is 1. The lowest BCUT2D eigenvalue weighted by Gasteiger charge is -2.18. The van der Waals surface area contributed by atoms with Gasteiger partial charge in [0.15, 0.2) is 0 Å². The van der Waals surface area contributed by atoms with Crippen LogP contribution in [-0.4, -0.2) is 40.5 Å². The molecule has 0 aliphatic rings. The molecule has 0 saturated heterocycles. The Bertz CT molecular complexity index is 410. The molecule has 0 bridgehead atoms. The van der Waals surface area contributed by atoms with Crippen LogP contribution in [0.15, 0.2) is 18.2 Å². The van der Waals surface area contributed by atoms with Crippen LogP contribution in [0.4, 0.5) is 12.9 Å². The number of rotatable bonds is 9. The molecule has 1 aromatic carbocycles. The first kappa shape index (κ1) is 16.8. The highest BCUT2D eigenvalue weighted by Crippen LogP contribution is 2.17. The maximum absolute atomic E-state index is 12.6. The fourth-order valence-corrected chi connectivity index (χ4v) is 1.70. The molecule has 0 spiro atoms. The summed E-state index contributed by atoms with van der Waals surface area (Å²) in [6.07, 6.45) is 0.674. The van der Waals surface area contributed by atoms with Crippen molar-refractivity contribution in [1.82, 2.24) is 0 Å². The zero-order valence-electron chi connectivity index (χ0n) is 11.7. The maximum Gasteiger partial charge on any atom is 0.509 e. The third kappa shape index (κ3) is 5.84. The van der Waals surface area contributed by atoms with Crippen LogP contribution in [0.1, 0.15) is 12.0 Å². The molecule has 0 N–H and O–H groups in total. The van der Waals surface area contributed by atoms with Crippen LogP contribution in [-0.2, 0) is 9.47 Å². The van der Waals surface area contributed by atoms with E-state index in [1.54, 1.807) is 7.11 Å². The molecule has 0 amide bonds. The van der Waals surface area contributed by atoms with Crippen LogP contribution in [0.2, 0.25) is 0 Å².